The lowest BCUT2D eigenvalue weighted by Gasteiger charge is -2.34. The van der Waals surface area contributed by atoms with E-state index in [1.807, 2.05) is 0 Å². The van der Waals surface area contributed by atoms with Gasteiger partial charge in [-0.15, -0.1) is 0 Å². The van der Waals surface area contributed by atoms with Crippen LogP contribution in [-0.4, -0.2) is 42.3 Å². The van der Waals surface area contributed by atoms with E-state index in [2.05, 4.69) is 0 Å². The standard InChI is InChI=1S/C8H15NO3S/c1-13(11,12)9-6-2-3-7(9)5-8(10)4-6/h6-8,10H,2-5H2,1H3. The molecule has 2 unspecified atom stereocenters. The maximum Gasteiger partial charge on any atom is 0.211 e. The molecule has 13 heavy (non-hydrogen) atoms. The lowest BCUT2D eigenvalue weighted by Crippen LogP contribution is -2.47. The largest absolute Gasteiger partial charge is 0.393 e. The number of rotatable bonds is 1. The molecule has 0 saturated carbocycles. The molecule has 2 fully saturated rings. The zero-order chi connectivity index (χ0) is 9.64. The summed E-state index contributed by atoms with van der Waals surface area (Å²) in [7, 11) is -3.06. The molecule has 76 valence electrons. The van der Waals surface area contributed by atoms with E-state index < -0.39 is 10.0 Å². The van der Waals surface area contributed by atoms with Crippen LogP contribution in [0.3, 0.4) is 0 Å². The van der Waals surface area contributed by atoms with Crippen molar-refractivity contribution < 1.29 is 13.5 Å². The predicted octanol–water partition coefficient (Wildman–Crippen LogP) is -0.0663. The lowest BCUT2D eigenvalue weighted by atomic mass is 10.0. The van der Waals surface area contributed by atoms with E-state index in [0.717, 1.165) is 12.8 Å². The van der Waals surface area contributed by atoms with Crippen molar-refractivity contribution in [3.05, 3.63) is 0 Å². The van der Waals surface area contributed by atoms with Crippen LogP contribution in [-0.2, 0) is 10.0 Å². The molecule has 5 heteroatoms. The SMILES string of the molecule is CS(=O)(=O)N1C2CCC1CC(O)C2. The molecule has 0 aromatic rings. The Bertz CT molecular complexity index is 287. The van der Waals surface area contributed by atoms with Crippen LogP contribution in [0.25, 0.3) is 0 Å². The van der Waals surface area contributed by atoms with Crippen LogP contribution in [0.1, 0.15) is 25.7 Å². The Labute approximate surface area is 78.6 Å². The average Bonchev–Trinajstić information content (AvgIpc) is 2.23. The van der Waals surface area contributed by atoms with Crippen LogP contribution in [0, 0.1) is 0 Å². The quantitative estimate of drug-likeness (QED) is 0.652. The molecule has 4 nitrogen and oxygen atoms in total. The van der Waals surface area contributed by atoms with Gasteiger partial charge in [-0.1, -0.05) is 0 Å². The van der Waals surface area contributed by atoms with E-state index in [-0.39, 0.29) is 18.2 Å². The van der Waals surface area contributed by atoms with Gasteiger partial charge in [0.1, 0.15) is 0 Å². The van der Waals surface area contributed by atoms with Crippen LogP contribution in [0.2, 0.25) is 0 Å². The minimum Gasteiger partial charge on any atom is -0.393 e. The van der Waals surface area contributed by atoms with Gasteiger partial charge in [-0.25, -0.2) is 8.42 Å². The summed E-state index contributed by atoms with van der Waals surface area (Å²) >= 11 is 0. The number of piperidine rings is 1. The summed E-state index contributed by atoms with van der Waals surface area (Å²) in [6, 6.07) is 0.118. The molecule has 2 saturated heterocycles. The van der Waals surface area contributed by atoms with Crippen molar-refractivity contribution in [3.63, 3.8) is 0 Å². The zero-order valence-corrected chi connectivity index (χ0v) is 8.50. The minimum absolute atomic E-state index is 0.0590. The van der Waals surface area contributed by atoms with Crippen LogP contribution in [0.5, 0.6) is 0 Å². The summed E-state index contributed by atoms with van der Waals surface area (Å²) in [6.45, 7) is 0. The average molecular weight is 205 g/mol. The van der Waals surface area contributed by atoms with Crippen molar-refractivity contribution in [2.75, 3.05) is 6.26 Å². The van der Waals surface area contributed by atoms with Gasteiger partial charge in [0.2, 0.25) is 10.0 Å². The second-order valence-electron chi connectivity index (χ2n) is 4.10. The van der Waals surface area contributed by atoms with E-state index in [9.17, 15) is 13.5 Å². The Morgan fingerprint density at radius 1 is 1.23 bits per heavy atom. The van der Waals surface area contributed by atoms with Gasteiger partial charge in [0.25, 0.3) is 0 Å². The Morgan fingerprint density at radius 3 is 2.08 bits per heavy atom. The maximum atomic E-state index is 11.4. The monoisotopic (exact) mass is 205 g/mol. The molecular formula is C8H15NO3S. The first-order valence-corrected chi connectivity index (χ1v) is 6.50. The van der Waals surface area contributed by atoms with Crippen LogP contribution in [0.4, 0.5) is 0 Å². The smallest absolute Gasteiger partial charge is 0.211 e. The van der Waals surface area contributed by atoms with Gasteiger partial charge in [-0.2, -0.15) is 4.31 Å². The highest BCUT2D eigenvalue weighted by Gasteiger charge is 2.44. The Kier molecular flexibility index (Phi) is 2.13. The van der Waals surface area contributed by atoms with E-state index in [0.29, 0.717) is 12.8 Å². The molecule has 2 aliphatic rings. The third kappa shape index (κ3) is 1.60. The molecule has 2 bridgehead atoms. The van der Waals surface area contributed by atoms with Crippen molar-refractivity contribution in [2.24, 2.45) is 0 Å². The summed E-state index contributed by atoms with van der Waals surface area (Å²) in [4.78, 5) is 0. The van der Waals surface area contributed by atoms with E-state index in [4.69, 9.17) is 0 Å². The Hall–Kier alpha value is -0.130. The zero-order valence-electron chi connectivity index (χ0n) is 7.68. The number of nitrogens with zero attached hydrogens (tertiary/aromatic N) is 1. The number of fused-ring (bicyclic) bond motifs is 2. The van der Waals surface area contributed by atoms with Crippen molar-refractivity contribution in [2.45, 2.75) is 43.9 Å². The summed E-state index contributed by atoms with van der Waals surface area (Å²) in [5.74, 6) is 0. The molecule has 0 spiro atoms. The highest BCUT2D eigenvalue weighted by molar-refractivity contribution is 7.88. The minimum atomic E-state index is -3.06. The molecule has 2 rings (SSSR count). The van der Waals surface area contributed by atoms with Gasteiger partial charge in [-0.3, -0.25) is 0 Å². The third-order valence-corrected chi connectivity index (χ3v) is 4.39. The van der Waals surface area contributed by atoms with Gasteiger partial charge >= 0.3 is 0 Å². The Balaban J connectivity index is 2.25. The Morgan fingerprint density at radius 2 is 1.69 bits per heavy atom. The molecule has 2 atom stereocenters. The number of aliphatic hydroxyl groups is 1. The van der Waals surface area contributed by atoms with Crippen molar-refractivity contribution in [3.8, 4) is 0 Å². The highest BCUT2D eigenvalue weighted by Crippen LogP contribution is 2.37. The van der Waals surface area contributed by atoms with E-state index >= 15 is 0 Å². The molecule has 2 aliphatic heterocycles. The normalized spacial score (nSPS) is 40.9. The fourth-order valence-corrected chi connectivity index (χ4v) is 4.11. The summed E-state index contributed by atoms with van der Waals surface area (Å²) in [6.07, 6.45) is 4.02. The molecule has 0 radical (unpaired) electrons. The first kappa shape index (κ1) is 9.43. The molecule has 0 aliphatic carbocycles. The number of aliphatic hydroxyl groups excluding tert-OH is 1. The third-order valence-electron chi connectivity index (χ3n) is 3.02. The van der Waals surface area contributed by atoms with Crippen molar-refractivity contribution in [1.29, 1.82) is 0 Å². The fraction of sp³-hybridized carbons (Fsp3) is 1.00. The maximum absolute atomic E-state index is 11.4. The summed E-state index contributed by atoms with van der Waals surface area (Å²) in [5, 5.41) is 9.45. The summed E-state index contributed by atoms with van der Waals surface area (Å²) in [5.41, 5.74) is 0. The number of hydrogen-bond acceptors (Lipinski definition) is 3. The van der Waals surface area contributed by atoms with E-state index in [1.165, 1.54) is 6.26 Å². The first-order chi connectivity index (χ1) is 5.98. The van der Waals surface area contributed by atoms with Gasteiger partial charge in [0.05, 0.1) is 12.4 Å². The highest BCUT2D eigenvalue weighted by atomic mass is 32.2. The first-order valence-electron chi connectivity index (χ1n) is 4.65. The van der Waals surface area contributed by atoms with Gasteiger partial charge in [-0.05, 0) is 25.7 Å². The van der Waals surface area contributed by atoms with Crippen molar-refractivity contribution >= 4 is 10.0 Å². The van der Waals surface area contributed by atoms with Crippen LogP contribution in [0.15, 0.2) is 0 Å². The molecule has 0 amide bonds. The molecular weight excluding hydrogens is 190 g/mol. The summed E-state index contributed by atoms with van der Waals surface area (Å²) < 4.78 is 24.4. The van der Waals surface area contributed by atoms with Crippen LogP contribution >= 0.6 is 0 Å². The molecule has 0 aromatic carbocycles. The molecule has 0 aromatic heterocycles. The van der Waals surface area contributed by atoms with Gasteiger partial charge in [0, 0.05) is 12.1 Å². The number of hydrogen-bond donors (Lipinski definition) is 1. The van der Waals surface area contributed by atoms with Gasteiger partial charge in [0.15, 0.2) is 0 Å². The molecule has 2 heterocycles. The lowest BCUT2D eigenvalue weighted by molar-refractivity contribution is 0.0772. The fourth-order valence-electron chi connectivity index (χ4n) is 2.65. The second-order valence-corrected chi connectivity index (χ2v) is 5.99. The number of sulfonamides is 1. The topological polar surface area (TPSA) is 57.6 Å². The van der Waals surface area contributed by atoms with Crippen molar-refractivity contribution in [1.82, 2.24) is 4.31 Å². The van der Waals surface area contributed by atoms with Crippen LogP contribution < -0.4 is 0 Å². The molecule has 1 N–H and O–H groups in total. The van der Waals surface area contributed by atoms with E-state index in [1.54, 1.807) is 4.31 Å². The second kappa shape index (κ2) is 2.93. The predicted molar refractivity (Wildman–Crippen MR) is 48.7 cm³/mol. The van der Waals surface area contributed by atoms with Gasteiger partial charge < -0.3 is 5.11 Å².